The molecule has 0 bridgehead atoms. The van der Waals surface area contributed by atoms with Crippen molar-refractivity contribution in [1.29, 1.82) is 0 Å². The molecule has 50 heavy (non-hydrogen) atoms. The van der Waals surface area contributed by atoms with Crippen LogP contribution in [-0.2, 0) is 9.59 Å². The highest BCUT2D eigenvalue weighted by atomic mass is 19.4. The van der Waals surface area contributed by atoms with Gasteiger partial charge in [-0.05, 0) is 125 Å². The summed E-state index contributed by atoms with van der Waals surface area (Å²) in [5, 5.41) is 15.6. The highest BCUT2D eigenvalue weighted by Crippen LogP contribution is 2.38. The van der Waals surface area contributed by atoms with E-state index in [2.05, 4.69) is 52.0 Å². The maximum atomic E-state index is 10.6. The monoisotopic (exact) mass is 715 g/mol. The van der Waals surface area contributed by atoms with Crippen molar-refractivity contribution in [3.05, 3.63) is 47.5 Å². The maximum absolute atomic E-state index is 10.6. The second kappa shape index (κ2) is 16.4. The number of aromatic nitrogens is 1. The number of aromatic amines is 1. The third kappa shape index (κ3) is 10.3. The number of nitrogens with zero attached hydrogens (tertiary/aromatic N) is 2. The number of aliphatic carboxylic acids is 2. The Morgan fingerprint density at radius 2 is 1.36 bits per heavy atom. The van der Waals surface area contributed by atoms with Crippen molar-refractivity contribution in [2.75, 3.05) is 46.9 Å². The first kappa shape index (κ1) is 38.8. The fraction of sp³-hybridized carbons (Fsp3) is 0.543. The Morgan fingerprint density at radius 3 is 1.86 bits per heavy atom. The van der Waals surface area contributed by atoms with E-state index >= 15 is 0 Å². The smallest absolute Gasteiger partial charge is 0.490 e. The Bertz CT molecular complexity index is 1580. The lowest BCUT2D eigenvalue weighted by Gasteiger charge is -2.42. The van der Waals surface area contributed by atoms with Crippen LogP contribution in [0, 0.1) is 12.8 Å². The number of carboxylic acids is 2. The zero-order valence-electron chi connectivity index (χ0n) is 28.2. The molecule has 3 fully saturated rings. The van der Waals surface area contributed by atoms with Crippen molar-refractivity contribution in [1.82, 2.24) is 14.8 Å². The number of ether oxygens (including phenoxy) is 2. The van der Waals surface area contributed by atoms with Gasteiger partial charge in [0, 0.05) is 34.7 Å². The van der Waals surface area contributed by atoms with Crippen molar-refractivity contribution in [3.8, 4) is 22.8 Å². The van der Waals surface area contributed by atoms with E-state index in [1.807, 2.05) is 6.07 Å². The molecule has 3 aromatic rings. The van der Waals surface area contributed by atoms with E-state index in [0.717, 1.165) is 34.7 Å². The number of nitrogens with one attached hydrogen (secondary N) is 1. The Balaban J connectivity index is 0.000000340. The number of carbonyl (C=O) groups is 2. The normalized spacial score (nSPS) is 18.1. The van der Waals surface area contributed by atoms with Gasteiger partial charge in [0.2, 0.25) is 0 Å². The summed E-state index contributed by atoms with van der Waals surface area (Å²) in [6.45, 7) is 8.72. The van der Waals surface area contributed by atoms with Crippen LogP contribution in [0.15, 0.2) is 36.4 Å². The molecule has 0 unspecified atom stereocenters. The first-order chi connectivity index (χ1) is 23.5. The minimum atomic E-state index is -5.08. The van der Waals surface area contributed by atoms with Gasteiger partial charge in [0.25, 0.3) is 0 Å². The number of aryl methyl sites for hydroxylation is 1. The molecule has 3 aliphatic rings. The molecule has 6 rings (SSSR count). The van der Waals surface area contributed by atoms with Gasteiger partial charge in [0.15, 0.2) is 11.5 Å². The molecule has 276 valence electrons. The van der Waals surface area contributed by atoms with Crippen molar-refractivity contribution >= 4 is 22.8 Å². The van der Waals surface area contributed by atoms with Gasteiger partial charge >= 0.3 is 24.3 Å². The molecule has 2 aromatic carbocycles. The van der Waals surface area contributed by atoms with E-state index in [1.165, 1.54) is 93.3 Å². The van der Waals surface area contributed by atoms with Gasteiger partial charge in [-0.2, -0.15) is 26.3 Å². The van der Waals surface area contributed by atoms with Gasteiger partial charge in [-0.1, -0.05) is 6.07 Å². The molecule has 3 N–H and O–H groups in total. The summed E-state index contributed by atoms with van der Waals surface area (Å²) >= 11 is 0. The standard InChI is InChI=1S/C31H41N3O2.2C2HF3O2/c1-21-27-18-24(6-8-28(27)32-31(21)25-7-9-29(35-2)30(19-25)36-3)23-10-16-34(17-11-23)26-12-14-33(15-13-26)20-22-4-5-22;2*3-2(4,5)1(6)7/h6-9,18-19,22-23,26,32H,4-5,10-17,20H2,1-3H3;2*(H,6,7). The number of benzene rings is 2. The molecule has 1 aliphatic carbocycles. The number of hydrogen-bond donors (Lipinski definition) is 3. The van der Waals surface area contributed by atoms with Gasteiger partial charge in [-0.25, -0.2) is 9.59 Å². The number of H-pyrrole nitrogens is 1. The van der Waals surface area contributed by atoms with Crippen molar-refractivity contribution < 1.29 is 55.6 Å². The molecule has 1 saturated carbocycles. The molecular weight excluding hydrogens is 672 g/mol. The van der Waals surface area contributed by atoms with E-state index in [1.54, 1.807) is 14.2 Å². The lowest BCUT2D eigenvalue weighted by Crippen LogP contribution is -2.47. The predicted molar refractivity (Wildman–Crippen MR) is 175 cm³/mol. The van der Waals surface area contributed by atoms with Gasteiger partial charge in [0.05, 0.1) is 14.2 Å². The quantitative estimate of drug-likeness (QED) is 0.216. The third-order valence-electron chi connectivity index (χ3n) is 9.53. The first-order valence-corrected chi connectivity index (χ1v) is 16.4. The molecular formula is C35H43F6N3O6. The minimum absolute atomic E-state index is 0.666. The molecule has 1 aromatic heterocycles. The molecule has 0 amide bonds. The van der Waals surface area contributed by atoms with Gasteiger partial charge in [-0.15, -0.1) is 0 Å². The van der Waals surface area contributed by atoms with Crippen molar-refractivity contribution in [2.45, 2.75) is 69.8 Å². The fourth-order valence-corrected chi connectivity index (χ4v) is 6.61. The number of rotatable bonds is 7. The van der Waals surface area contributed by atoms with Crippen LogP contribution in [0.5, 0.6) is 11.5 Å². The van der Waals surface area contributed by atoms with E-state index in [4.69, 9.17) is 29.3 Å². The number of piperidine rings is 2. The minimum Gasteiger partial charge on any atom is -0.493 e. The average molecular weight is 716 g/mol. The van der Waals surface area contributed by atoms with E-state index < -0.39 is 24.3 Å². The average Bonchev–Trinajstić information content (AvgIpc) is 3.84. The molecule has 0 radical (unpaired) electrons. The number of hydrogen-bond acceptors (Lipinski definition) is 6. The lowest BCUT2D eigenvalue weighted by atomic mass is 9.87. The van der Waals surface area contributed by atoms with Crippen LogP contribution in [0.4, 0.5) is 26.3 Å². The van der Waals surface area contributed by atoms with Crippen LogP contribution in [0.2, 0.25) is 0 Å². The molecule has 15 heteroatoms. The zero-order valence-corrected chi connectivity index (χ0v) is 28.2. The summed E-state index contributed by atoms with van der Waals surface area (Å²) in [7, 11) is 3.37. The first-order valence-electron chi connectivity index (χ1n) is 16.4. The van der Waals surface area contributed by atoms with Crippen LogP contribution in [0.1, 0.15) is 55.6 Å². The number of carboxylic acid groups (broad SMARTS) is 2. The molecule has 3 heterocycles. The topological polar surface area (TPSA) is 115 Å². The number of likely N-dealkylation sites (tertiary alicyclic amines) is 2. The van der Waals surface area contributed by atoms with E-state index in [0.29, 0.717) is 5.92 Å². The summed E-state index contributed by atoms with van der Waals surface area (Å²) in [6.07, 6.45) is -1.94. The highest BCUT2D eigenvalue weighted by Gasteiger charge is 2.39. The summed E-state index contributed by atoms with van der Waals surface area (Å²) in [4.78, 5) is 27.0. The Labute approximate surface area is 286 Å². The fourth-order valence-electron chi connectivity index (χ4n) is 6.61. The van der Waals surface area contributed by atoms with Gasteiger partial charge in [-0.3, -0.25) is 0 Å². The molecule has 9 nitrogen and oxygen atoms in total. The van der Waals surface area contributed by atoms with Crippen LogP contribution in [0.25, 0.3) is 22.2 Å². The number of halogens is 6. The van der Waals surface area contributed by atoms with Crippen molar-refractivity contribution in [2.24, 2.45) is 5.92 Å². The number of methoxy groups -OCH3 is 2. The second-order valence-electron chi connectivity index (χ2n) is 12.9. The van der Waals surface area contributed by atoms with Crippen LogP contribution < -0.4 is 9.47 Å². The summed E-state index contributed by atoms with van der Waals surface area (Å²) < 4.78 is 74.4. The second-order valence-corrected chi connectivity index (χ2v) is 12.9. The van der Waals surface area contributed by atoms with Crippen LogP contribution in [0.3, 0.4) is 0 Å². The van der Waals surface area contributed by atoms with Gasteiger partial charge < -0.3 is 34.5 Å². The number of fused-ring (bicyclic) bond motifs is 1. The largest absolute Gasteiger partial charge is 0.493 e. The molecule has 2 saturated heterocycles. The zero-order chi connectivity index (χ0) is 36.8. The lowest BCUT2D eigenvalue weighted by molar-refractivity contribution is -0.193. The maximum Gasteiger partial charge on any atom is 0.490 e. The predicted octanol–water partition coefficient (Wildman–Crippen LogP) is 7.48. The Morgan fingerprint density at radius 1 is 0.800 bits per heavy atom. The van der Waals surface area contributed by atoms with Crippen LogP contribution >= 0.6 is 0 Å². The third-order valence-corrected chi connectivity index (χ3v) is 9.53. The summed E-state index contributed by atoms with van der Waals surface area (Å²) in [6, 6.07) is 14.0. The van der Waals surface area contributed by atoms with E-state index in [-0.39, 0.29) is 0 Å². The van der Waals surface area contributed by atoms with Crippen LogP contribution in [-0.4, -0.2) is 102 Å². The van der Waals surface area contributed by atoms with Crippen molar-refractivity contribution in [3.63, 3.8) is 0 Å². The number of alkyl halides is 6. The van der Waals surface area contributed by atoms with E-state index in [9.17, 15) is 26.3 Å². The molecule has 0 atom stereocenters. The Hall–Kier alpha value is -3.98. The molecule has 0 spiro atoms. The SMILES string of the molecule is COc1ccc(-c2[nH]c3ccc(C4CCN(C5CCN(CC6CC6)CC5)CC4)cc3c2C)cc1OC.O=C(O)C(F)(F)F.O=C(O)C(F)(F)F. The molecule has 2 aliphatic heterocycles. The summed E-state index contributed by atoms with van der Waals surface area (Å²) in [5.41, 5.74) is 6.29. The highest BCUT2D eigenvalue weighted by molar-refractivity contribution is 5.91. The Kier molecular flexibility index (Phi) is 12.7. The summed E-state index contributed by atoms with van der Waals surface area (Å²) in [5.74, 6) is -2.31. The van der Waals surface area contributed by atoms with Gasteiger partial charge in [0.1, 0.15) is 0 Å².